The predicted octanol–water partition coefficient (Wildman–Crippen LogP) is 2.80. The molecule has 0 saturated heterocycles. The van der Waals surface area contributed by atoms with Crippen LogP contribution in [0.25, 0.3) is 22.7 Å². The lowest BCUT2D eigenvalue weighted by Crippen LogP contribution is -2.36. The molecule has 0 bridgehead atoms. The molecule has 196 valence electrons. The summed E-state index contributed by atoms with van der Waals surface area (Å²) in [4.78, 5) is 33.7. The van der Waals surface area contributed by atoms with Crippen LogP contribution in [0.3, 0.4) is 0 Å². The van der Waals surface area contributed by atoms with Crippen LogP contribution < -0.4 is 16.6 Å². The van der Waals surface area contributed by atoms with Crippen molar-refractivity contribution in [3.05, 3.63) is 95.2 Å². The largest absolute Gasteiger partial charge is 0.392 e. The Morgan fingerprint density at radius 2 is 1.79 bits per heavy atom. The van der Waals surface area contributed by atoms with Crippen molar-refractivity contribution < 1.29 is 9.63 Å². The molecule has 12 nitrogen and oxygen atoms in total. The molecule has 1 aliphatic rings. The van der Waals surface area contributed by atoms with Crippen LogP contribution in [-0.4, -0.2) is 46.4 Å². The molecule has 4 heterocycles. The summed E-state index contributed by atoms with van der Waals surface area (Å²) in [7, 11) is 0. The van der Waals surface area contributed by atoms with Crippen molar-refractivity contribution in [1.82, 2.24) is 34.6 Å². The Morgan fingerprint density at radius 1 is 1.00 bits per heavy atom. The van der Waals surface area contributed by atoms with E-state index < -0.39 is 6.17 Å². The second-order valence-corrected chi connectivity index (χ2v) is 9.34. The standard InChI is InChI=1S/C27H25N9O3/c28-26-31-12-18(13-32-26)17-5-7-19(8-6-17)27(9-3-10-27)25-34-24(39-35-25)20-14-30-21(15-29-20)33-22(16-37)36-11-2-1-4-23(36)38/h1-2,4-8,11-15,22,37H,3,9-10,16H2,(H,30,33)(H2,28,31,32). The molecule has 1 saturated carbocycles. The number of nitrogen functional groups attached to an aromatic ring is 1. The molecule has 4 N–H and O–H groups in total. The average molecular weight is 524 g/mol. The van der Waals surface area contributed by atoms with Gasteiger partial charge in [0.25, 0.3) is 11.4 Å². The van der Waals surface area contributed by atoms with Crippen LogP contribution in [0.4, 0.5) is 11.8 Å². The number of aliphatic hydroxyl groups excluding tert-OH is 1. The van der Waals surface area contributed by atoms with Gasteiger partial charge >= 0.3 is 0 Å². The molecular weight excluding hydrogens is 498 g/mol. The second kappa shape index (κ2) is 10.1. The summed E-state index contributed by atoms with van der Waals surface area (Å²) in [5.74, 6) is 1.50. The third-order valence-corrected chi connectivity index (χ3v) is 7.05. The van der Waals surface area contributed by atoms with Gasteiger partial charge in [0, 0.05) is 30.2 Å². The Kier molecular flexibility index (Phi) is 6.29. The Bertz CT molecular complexity index is 1630. The summed E-state index contributed by atoms with van der Waals surface area (Å²) in [5.41, 5.74) is 8.44. The van der Waals surface area contributed by atoms with Gasteiger partial charge in [-0.05, 0) is 30.0 Å². The zero-order chi connectivity index (χ0) is 26.8. The Labute approximate surface area is 222 Å². The first-order valence-corrected chi connectivity index (χ1v) is 12.5. The lowest BCUT2D eigenvalue weighted by atomic mass is 9.64. The van der Waals surface area contributed by atoms with Crippen LogP contribution >= 0.6 is 0 Å². The molecule has 6 rings (SSSR count). The van der Waals surface area contributed by atoms with Gasteiger partial charge in [-0.25, -0.2) is 19.9 Å². The third-order valence-electron chi connectivity index (χ3n) is 7.05. The van der Waals surface area contributed by atoms with Gasteiger partial charge in [0.1, 0.15) is 17.7 Å². The van der Waals surface area contributed by atoms with E-state index in [1.54, 1.807) is 30.7 Å². The van der Waals surface area contributed by atoms with Gasteiger partial charge in [0.05, 0.1) is 24.4 Å². The molecule has 0 spiro atoms. The fourth-order valence-corrected chi connectivity index (χ4v) is 4.75. The van der Waals surface area contributed by atoms with Crippen molar-refractivity contribution >= 4 is 11.8 Å². The molecular formula is C27H25N9O3. The fraction of sp³-hybridized carbons (Fsp3) is 0.222. The molecule has 1 unspecified atom stereocenters. The van der Waals surface area contributed by atoms with E-state index in [1.165, 1.54) is 23.0 Å². The maximum atomic E-state index is 12.1. The Morgan fingerprint density at radius 3 is 2.44 bits per heavy atom. The smallest absolute Gasteiger partial charge is 0.278 e. The number of nitrogens with two attached hydrogens (primary N) is 1. The first-order valence-electron chi connectivity index (χ1n) is 12.5. The van der Waals surface area contributed by atoms with Crippen molar-refractivity contribution in [3.8, 4) is 22.7 Å². The molecule has 39 heavy (non-hydrogen) atoms. The van der Waals surface area contributed by atoms with Crippen molar-refractivity contribution in [1.29, 1.82) is 0 Å². The molecule has 5 aromatic rings. The molecule has 1 aromatic carbocycles. The minimum absolute atomic E-state index is 0.241. The molecule has 4 aromatic heterocycles. The van der Waals surface area contributed by atoms with E-state index in [1.807, 2.05) is 12.1 Å². The molecule has 1 fully saturated rings. The van der Waals surface area contributed by atoms with Gasteiger partial charge < -0.3 is 20.7 Å². The monoisotopic (exact) mass is 523 g/mol. The van der Waals surface area contributed by atoms with Crippen LogP contribution in [0.5, 0.6) is 0 Å². The predicted molar refractivity (Wildman–Crippen MR) is 142 cm³/mol. The summed E-state index contributed by atoms with van der Waals surface area (Å²) in [6.45, 7) is -0.308. The number of anilines is 2. The van der Waals surface area contributed by atoms with Crippen LogP contribution in [0.15, 0.2) is 82.8 Å². The zero-order valence-electron chi connectivity index (χ0n) is 20.8. The summed E-state index contributed by atoms with van der Waals surface area (Å²) in [5, 5.41) is 17.1. The van der Waals surface area contributed by atoms with E-state index in [0.717, 1.165) is 36.0 Å². The number of aliphatic hydroxyl groups is 1. The van der Waals surface area contributed by atoms with E-state index in [4.69, 9.17) is 10.3 Å². The highest BCUT2D eigenvalue weighted by Crippen LogP contribution is 2.48. The maximum Gasteiger partial charge on any atom is 0.278 e. The van der Waals surface area contributed by atoms with Crippen LogP contribution in [-0.2, 0) is 5.41 Å². The van der Waals surface area contributed by atoms with Gasteiger partial charge in [-0.3, -0.25) is 9.36 Å². The minimum Gasteiger partial charge on any atom is -0.392 e. The van der Waals surface area contributed by atoms with Crippen molar-refractivity contribution in [3.63, 3.8) is 0 Å². The molecule has 1 aliphatic carbocycles. The number of rotatable bonds is 8. The van der Waals surface area contributed by atoms with Gasteiger partial charge in [-0.2, -0.15) is 4.98 Å². The number of nitrogens with one attached hydrogen (secondary N) is 1. The van der Waals surface area contributed by atoms with Gasteiger partial charge in [-0.1, -0.05) is 41.9 Å². The van der Waals surface area contributed by atoms with E-state index in [2.05, 4.69) is 47.5 Å². The highest BCUT2D eigenvalue weighted by Gasteiger charge is 2.44. The lowest BCUT2D eigenvalue weighted by molar-refractivity contribution is 0.240. The summed E-state index contributed by atoms with van der Waals surface area (Å²) >= 11 is 0. The number of benzene rings is 1. The quantitative estimate of drug-likeness (QED) is 0.273. The molecule has 0 aliphatic heterocycles. The summed E-state index contributed by atoms with van der Waals surface area (Å²) < 4.78 is 6.97. The van der Waals surface area contributed by atoms with E-state index in [0.29, 0.717) is 17.3 Å². The van der Waals surface area contributed by atoms with E-state index in [-0.39, 0.29) is 29.4 Å². The SMILES string of the molecule is Nc1ncc(-c2ccc(C3(c4noc(-c5cnc(NC(CO)n6ccccc6=O)cn5)n4)CCC3)cc2)cn1. The maximum absolute atomic E-state index is 12.1. The van der Waals surface area contributed by atoms with Gasteiger partial charge in [0.2, 0.25) is 5.95 Å². The zero-order valence-corrected chi connectivity index (χ0v) is 20.8. The van der Waals surface area contributed by atoms with Crippen molar-refractivity contribution in [2.75, 3.05) is 17.7 Å². The minimum atomic E-state index is -0.689. The second-order valence-electron chi connectivity index (χ2n) is 9.34. The Balaban J connectivity index is 1.20. The molecule has 0 amide bonds. The fourth-order valence-electron chi connectivity index (χ4n) is 4.75. The topological polar surface area (TPSA) is 171 Å². The number of nitrogens with zero attached hydrogens (tertiary/aromatic N) is 7. The first kappa shape index (κ1) is 24.4. The number of pyridine rings is 1. The summed E-state index contributed by atoms with van der Waals surface area (Å²) in [6.07, 6.45) is 10.2. The normalized spacial score (nSPS) is 14.9. The summed E-state index contributed by atoms with van der Waals surface area (Å²) in [6, 6.07) is 13.0. The van der Waals surface area contributed by atoms with Crippen LogP contribution in [0.1, 0.15) is 36.8 Å². The highest BCUT2D eigenvalue weighted by atomic mass is 16.5. The van der Waals surface area contributed by atoms with Crippen LogP contribution in [0, 0.1) is 0 Å². The van der Waals surface area contributed by atoms with Crippen molar-refractivity contribution in [2.24, 2.45) is 0 Å². The Hall–Kier alpha value is -4.97. The number of aromatic nitrogens is 7. The first-order chi connectivity index (χ1) is 19.1. The lowest BCUT2D eigenvalue weighted by Gasteiger charge is -2.39. The number of hydrogen-bond acceptors (Lipinski definition) is 11. The van der Waals surface area contributed by atoms with E-state index in [9.17, 15) is 9.90 Å². The highest BCUT2D eigenvalue weighted by molar-refractivity contribution is 5.63. The average Bonchev–Trinajstić information content (AvgIpc) is 3.43. The molecule has 12 heteroatoms. The van der Waals surface area contributed by atoms with Crippen LogP contribution in [0.2, 0.25) is 0 Å². The molecule has 0 radical (unpaired) electrons. The van der Waals surface area contributed by atoms with Crippen molar-refractivity contribution in [2.45, 2.75) is 30.8 Å². The number of hydrogen-bond donors (Lipinski definition) is 3. The van der Waals surface area contributed by atoms with Gasteiger partial charge in [-0.15, -0.1) is 0 Å². The molecule has 1 atom stereocenters. The van der Waals surface area contributed by atoms with E-state index >= 15 is 0 Å². The third kappa shape index (κ3) is 4.61. The van der Waals surface area contributed by atoms with Gasteiger partial charge in [0.15, 0.2) is 5.82 Å².